The number of nitrogens with one attached hydrogen (secondary N) is 1. The highest BCUT2D eigenvalue weighted by Crippen LogP contribution is 2.27. The molecule has 0 aliphatic rings. The number of hydrogen-bond acceptors (Lipinski definition) is 6. The molecule has 7 nitrogen and oxygen atoms in total. The van der Waals surface area contributed by atoms with Crippen molar-refractivity contribution in [3.05, 3.63) is 57.6 Å². The number of oxime groups is 1. The Hall–Kier alpha value is -2.68. The number of nitrogens with zero attached hydrogens (tertiary/aromatic N) is 2. The number of halogens is 2. The number of benzene rings is 2. The van der Waals surface area contributed by atoms with Crippen LogP contribution in [-0.2, 0) is 9.63 Å². The van der Waals surface area contributed by atoms with E-state index >= 15 is 0 Å². The van der Waals surface area contributed by atoms with Crippen LogP contribution in [0.2, 0.25) is 10.0 Å². The number of aromatic carboxylic acids is 1. The molecule has 0 saturated carbocycles. The van der Waals surface area contributed by atoms with Crippen molar-refractivity contribution in [1.29, 1.82) is 0 Å². The van der Waals surface area contributed by atoms with Crippen LogP contribution >= 0.6 is 34.5 Å². The van der Waals surface area contributed by atoms with Gasteiger partial charge in [0.1, 0.15) is 0 Å². The number of rotatable bonds is 6. The van der Waals surface area contributed by atoms with E-state index in [0.717, 1.165) is 11.3 Å². The first-order valence-corrected chi connectivity index (χ1v) is 9.04. The van der Waals surface area contributed by atoms with Gasteiger partial charge in [-0.15, -0.1) is 0 Å². The third-order valence-corrected chi connectivity index (χ3v) is 4.93. The van der Waals surface area contributed by atoms with Crippen LogP contribution in [0.1, 0.15) is 15.9 Å². The molecule has 3 rings (SSSR count). The molecule has 0 atom stereocenters. The minimum absolute atomic E-state index is 0.153. The quantitative estimate of drug-likeness (QED) is 0.454. The Kier molecular flexibility index (Phi) is 5.90. The number of amides is 1. The van der Waals surface area contributed by atoms with Gasteiger partial charge in [-0.05, 0) is 30.3 Å². The van der Waals surface area contributed by atoms with Crippen LogP contribution in [0.3, 0.4) is 0 Å². The lowest BCUT2D eigenvalue weighted by Gasteiger charge is -2.01. The molecule has 1 aromatic heterocycles. The van der Waals surface area contributed by atoms with Gasteiger partial charge in [0.05, 0.1) is 32.0 Å². The summed E-state index contributed by atoms with van der Waals surface area (Å²) >= 11 is 13.1. The Balaban J connectivity index is 1.58. The van der Waals surface area contributed by atoms with E-state index in [2.05, 4.69) is 15.5 Å². The molecule has 0 bridgehead atoms. The largest absolute Gasteiger partial charge is 0.478 e. The molecule has 0 aliphatic carbocycles. The Morgan fingerprint density at radius 2 is 2.00 bits per heavy atom. The molecule has 0 fully saturated rings. The third kappa shape index (κ3) is 4.73. The highest BCUT2D eigenvalue weighted by Gasteiger charge is 2.11. The van der Waals surface area contributed by atoms with Gasteiger partial charge < -0.3 is 9.94 Å². The van der Waals surface area contributed by atoms with Gasteiger partial charge in [0.2, 0.25) is 0 Å². The van der Waals surface area contributed by atoms with E-state index in [0.29, 0.717) is 31.0 Å². The smallest absolute Gasteiger partial charge is 0.335 e. The summed E-state index contributed by atoms with van der Waals surface area (Å²) in [5, 5.41) is 16.4. The van der Waals surface area contributed by atoms with E-state index < -0.39 is 11.9 Å². The first kappa shape index (κ1) is 19.1. The maximum absolute atomic E-state index is 11.9. The zero-order valence-corrected chi connectivity index (χ0v) is 15.8. The summed E-state index contributed by atoms with van der Waals surface area (Å²) in [4.78, 5) is 32.1. The van der Waals surface area contributed by atoms with Crippen LogP contribution in [0, 0.1) is 0 Å². The second-order valence-electron chi connectivity index (χ2n) is 5.20. The Morgan fingerprint density at radius 3 is 2.70 bits per heavy atom. The molecular weight excluding hydrogens is 413 g/mol. The van der Waals surface area contributed by atoms with Crippen molar-refractivity contribution >= 4 is 68.0 Å². The van der Waals surface area contributed by atoms with Crippen LogP contribution in [-0.4, -0.2) is 34.8 Å². The van der Waals surface area contributed by atoms with E-state index in [4.69, 9.17) is 33.1 Å². The molecule has 27 heavy (non-hydrogen) atoms. The standard InChI is InChI=1S/C17H11Cl2N3O4S/c18-11-2-1-3-12(19)10(11)7-20-26-8-15(23)22-17-21-13-5-4-9(16(24)25)6-14(13)27-17/h1-7H,8H2,(H,24,25)(H,21,22,23)/b20-7+. The van der Waals surface area contributed by atoms with Crippen LogP contribution in [0.4, 0.5) is 5.13 Å². The highest BCUT2D eigenvalue weighted by atomic mass is 35.5. The Labute approximate surface area is 167 Å². The van der Waals surface area contributed by atoms with Crippen molar-refractivity contribution in [2.45, 2.75) is 0 Å². The minimum Gasteiger partial charge on any atom is -0.478 e. The summed E-state index contributed by atoms with van der Waals surface area (Å²) in [7, 11) is 0. The van der Waals surface area contributed by atoms with Crippen molar-refractivity contribution in [3.8, 4) is 0 Å². The fourth-order valence-electron chi connectivity index (χ4n) is 2.09. The normalized spacial score (nSPS) is 11.0. The lowest BCUT2D eigenvalue weighted by molar-refractivity contribution is -0.120. The zero-order valence-electron chi connectivity index (χ0n) is 13.5. The number of aromatic nitrogens is 1. The molecule has 3 aromatic rings. The van der Waals surface area contributed by atoms with Crippen LogP contribution in [0.5, 0.6) is 0 Å². The average molecular weight is 424 g/mol. The maximum Gasteiger partial charge on any atom is 0.335 e. The summed E-state index contributed by atoms with van der Waals surface area (Å²) in [6.45, 7) is -0.338. The van der Waals surface area contributed by atoms with Crippen molar-refractivity contribution in [1.82, 2.24) is 4.98 Å². The van der Waals surface area contributed by atoms with Crippen LogP contribution < -0.4 is 5.32 Å². The molecule has 0 aliphatic heterocycles. The highest BCUT2D eigenvalue weighted by molar-refractivity contribution is 7.22. The van der Waals surface area contributed by atoms with Crippen molar-refractivity contribution in [3.63, 3.8) is 0 Å². The predicted molar refractivity (Wildman–Crippen MR) is 105 cm³/mol. The van der Waals surface area contributed by atoms with E-state index in [-0.39, 0.29) is 12.2 Å². The second-order valence-corrected chi connectivity index (χ2v) is 7.04. The molecule has 0 radical (unpaired) electrons. The van der Waals surface area contributed by atoms with E-state index in [1.807, 2.05) is 0 Å². The molecule has 2 N–H and O–H groups in total. The van der Waals surface area contributed by atoms with E-state index in [1.54, 1.807) is 24.3 Å². The van der Waals surface area contributed by atoms with E-state index in [9.17, 15) is 9.59 Å². The number of carboxylic acids is 1. The lowest BCUT2D eigenvalue weighted by Crippen LogP contribution is -2.16. The summed E-state index contributed by atoms with van der Waals surface area (Å²) in [5.41, 5.74) is 1.23. The average Bonchev–Trinajstić information content (AvgIpc) is 3.01. The van der Waals surface area contributed by atoms with Crippen molar-refractivity contribution in [2.24, 2.45) is 5.16 Å². The summed E-state index contributed by atoms with van der Waals surface area (Å²) in [5.74, 6) is -1.49. The first-order valence-electron chi connectivity index (χ1n) is 7.47. The molecule has 1 heterocycles. The summed E-state index contributed by atoms with van der Waals surface area (Å²) < 4.78 is 0.650. The van der Waals surface area contributed by atoms with Gasteiger partial charge >= 0.3 is 5.97 Å². The molecule has 2 aromatic carbocycles. The topological polar surface area (TPSA) is 101 Å². The SMILES string of the molecule is O=C(CO/N=C/c1c(Cl)cccc1Cl)Nc1nc2ccc(C(=O)O)cc2s1. The Morgan fingerprint density at radius 1 is 1.26 bits per heavy atom. The maximum atomic E-state index is 11.9. The molecule has 138 valence electrons. The third-order valence-electron chi connectivity index (χ3n) is 3.33. The second kappa shape index (κ2) is 8.34. The minimum atomic E-state index is -1.03. The van der Waals surface area contributed by atoms with Crippen LogP contribution in [0.25, 0.3) is 10.2 Å². The zero-order chi connectivity index (χ0) is 19.4. The molecule has 0 saturated heterocycles. The number of hydrogen-bond donors (Lipinski definition) is 2. The molecule has 10 heteroatoms. The lowest BCUT2D eigenvalue weighted by atomic mass is 10.2. The van der Waals surface area contributed by atoms with Gasteiger partial charge in [-0.1, -0.05) is 45.8 Å². The van der Waals surface area contributed by atoms with Gasteiger partial charge in [-0.3, -0.25) is 10.1 Å². The first-order chi connectivity index (χ1) is 12.9. The van der Waals surface area contributed by atoms with Crippen LogP contribution in [0.15, 0.2) is 41.6 Å². The number of fused-ring (bicyclic) bond motifs is 1. The number of anilines is 1. The van der Waals surface area contributed by atoms with Gasteiger partial charge in [0.15, 0.2) is 11.7 Å². The number of carbonyl (C=O) groups is 2. The molecular formula is C17H11Cl2N3O4S. The van der Waals surface area contributed by atoms with Crippen molar-refractivity contribution in [2.75, 3.05) is 11.9 Å². The predicted octanol–water partition coefficient (Wildman–Crippen LogP) is 4.29. The molecule has 1 amide bonds. The molecule has 0 spiro atoms. The molecule has 0 unspecified atom stereocenters. The fraction of sp³-hybridized carbons (Fsp3) is 0.0588. The monoisotopic (exact) mass is 423 g/mol. The Bertz CT molecular complexity index is 1030. The van der Waals surface area contributed by atoms with Crippen molar-refractivity contribution < 1.29 is 19.5 Å². The van der Waals surface area contributed by atoms with Gasteiger partial charge in [0, 0.05) is 5.56 Å². The van der Waals surface area contributed by atoms with Gasteiger partial charge in [-0.25, -0.2) is 9.78 Å². The van der Waals surface area contributed by atoms with Gasteiger partial charge in [-0.2, -0.15) is 0 Å². The number of carbonyl (C=O) groups excluding carboxylic acids is 1. The van der Waals surface area contributed by atoms with Gasteiger partial charge in [0.25, 0.3) is 5.91 Å². The number of thiazole rings is 1. The summed E-state index contributed by atoms with van der Waals surface area (Å²) in [6, 6.07) is 9.55. The fourth-order valence-corrected chi connectivity index (χ4v) is 3.50. The summed E-state index contributed by atoms with van der Waals surface area (Å²) in [6.07, 6.45) is 1.32. The number of carboxylic acid groups (broad SMARTS) is 1. The van der Waals surface area contributed by atoms with E-state index in [1.165, 1.54) is 18.3 Å².